The zero-order chi connectivity index (χ0) is 22.9. The third-order valence-electron chi connectivity index (χ3n) is 5.43. The molecule has 0 bridgehead atoms. The van der Waals surface area contributed by atoms with Gasteiger partial charge in [0.15, 0.2) is 5.96 Å². The summed E-state index contributed by atoms with van der Waals surface area (Å²) >= 11 is 0. The minimum absolute atomic E-state index is 0. The summed E-state index contributed by atoms with van der Waals surface area (Å²) in [5, 5.41) is 12.9. The second-order valence-corrected chi connectivity index (χ2v) is 7.90. The van der Waals surface area contributed by atoms with Crippen LogP contribution in [0, 0.1) is 11.6 Å². The van der Waals surface area contributed by atoms with Crippen LogP contribution in [-0.4, -0.2) is 61.9 Å². The van der Waals surface area contributed by atoms with E-state index in [-0.39, 0.29) is 41.7 Å². The van der Waals surface area contributed by atoms with Gasteiger partial charge in [0, 0.05) is 26.7 Å². The Bertz CT molecular complexity index is 891. The van der Waals surface area contributed by atoms with Gasteiger partial charge in [0.25, 0.3) is 0 Å². The molecule has 0 aromatic heterocycles. The molecule has 1 heterocycles. The van der Waals surface area contributed by atoms with Gasteiger partial charge in [0.1, 0.15) is 24.0 Å². The predicted octanol–water partition coefficient (Wildman–Crippen LogP) is 4.02. The summed E-state index contributed by atoms with van der Waals surface area (Å²) in [5.74, 6) is 0.751. The Balaban J connectivity index is 0.00000385. The van der Waals surface area contributed by atoms with Crippen molar-refractivity contribution in [1.29, 1.82) is 0 Å². The Morgan fingerprint density at radius 2 is 1.88 bits per heavy atom. The molecular formula is C24H33F2IN4O2. The molecule has 2 N–H and O–H groups in total. The molecule has 2 aromatic rings. The zero-order valence-corrected chi connectivity index (χ0v) is 21.5. The third kappa shape index (κ3) is 8.29. The monoisotopic (exact) mass is 574 g/mol. The second-order valence-electron chi connectivity index (χ2n) is 7.90. The standard InChI is InChI=1S/C24H32F2N4O2.HI/c1-3-27-24(29(2)14-15-32-21-7-5-19(25)6-8-21)28-17-18-4-9-23(22(26)16-18)30-12-10-20(31)11-13-30;/h4-9,16,20,31H,3,10-15,17H2,1-2H3,(H,27,28);1H. The molecule has 182 valence electrons. The minimum atomic E-state index is -0.296. The smallest absolute Gasteiger partial charge is 0.194 e. The Morgan fingerprint density at radius 1 is 1.18 bits per heavy atom. The number of piperidine rings is 1. The highest BCUT2D eigenvalue weighted by Crippen LogP contribution is 2.24. The van der Waals surface area contributed by atoms with Crippen LogP contribution in [0.3, 0.4) is 0 Å². The van der Waals surface area contributed by atoms with Crippen molar-refractivity contribution in [2.45, 2.75) is 32.4 Å². The van der Waals surface area contributed by atoms with Crippen LogP contribution in [0.15, 0.2) is 47.5 Å². The van der Waals surface area contributed by atoms with Crippen LogP contribution in [0.2, 0.25) is 0 Å². The first-order valence-electron chi connectivity index (χ1n) is 11.1. The van der Waals surface area contributed by atoms with E-state index >= 15 is 0 Å². The summed E-state index contributed by atoms with van der Waals surface area (Å²) in [6.07, 6.45) is 1.04. The number of aliphatic hydroxyl groups is 1. The fourth-order valence-electron chi connectivity index (χ4n) is 3.58. The first kappa shape index (κ1) is 27.1. The quantitative estimate of drug-likeness (QED) is 0.284. The van der Waals surface area contributed by atoms with Crippen LogP contribution in [0.25, 0.3) is 0 Å². The number of nitrogens with one attached hydrogen (secondary N) is 1. The molecule has 0 spiro atoms. The Kier molecular flexibility index (Phi) is 11.1. The van der Waals surface area contributed by atoms with Crippen molar-refractivity contribution in [2.24, 2.45) is 4.99 Å². The number of hydrogen-bond donors (Lipinski definition) is 2. The maximum absolute atomic E-state index is 14.7. The van der Waals surface area contributed by atoms with Gasteiger partial charge in [-0.1, -0.05) is 6.07 Å². The van der Waals surface area contributed by atoms with Crippen LogP contribution in [0.5, 0.6) is 5.75 Å². The van der Waals surface area contributed by atoms with E-state index in [2.05, 4.69) is 10.3 Å². The van der Waals surface area contributed by atoms with Gasteiger partial charge in [-0.05, 0) is 61.7 Å². The normalized spacial score (nSPS) is 14.6. The van der Waals surface area contributed by atoms with E-state index < -0.39 is 0 Å². The summed E-state index contributed by atoms with van der Waals surface area (Å²) in [6, 6.07) is 11.1. The van der Waals surface area contributed by atoms with Gasteiger partial charge in [-0.3, -0.25) is 0 Å². The van der Waals surface area contributed by atoms with Gasteiger partial charge in [0.2, 0.25) is 0 Å². The average Bonchev–Trinajstić information content (AvgIpc) is 2.78. The molecule has 0 unspecified atom stereocenters. The van der Waals surface area contributed by atoms with Crippen molar-refractivity contribution in [3.8, 4) is 5.75 Å². The van der Waals surface area contributed by atoms with Crippen molar-refractivity contribution in [3.63, 3.8) is 0 Å². The van der Waals surface area contributed by atoms with E-state index in [1.165, 1.54) is 18.2 Å². The van der Waals surface area contributed by atoms with Crippen molar-refractivity contribution < 1.29 is 18.6 Å². The molecule has 1 saturated heterocycles. The lowest BCUT2D eigenvalue weighted by atomic mass is 10.1. The summed E-state index contributed by atoms with van der Waals surface area (Å²) in [5.41, 5.74) is 1.36. The van der Waals surface area contributed by atoms with Crippen LogP contribution in [0.1, 0.15) is 25.3 Å². The summed E-state index contributed by atoms with van der Waals surface area (Å²) in [4.78, 5) is 8.55. The molecule has 0 amide bonds. The van der Waals surface area contributed by atoms with Gasteiger partial charge in [0.05, 0.1) is 24.9 Å². The molecule has 0 atom stereocenters. The lowest BCUT2D eigenvalue weighted by Crippen LogP contribution is -2.40. The van der Waals surface area contributed by atoms with Crippen molar-refractivity contribution in [1.82, 2.24) is 10.2 Å². The maximum Gasteiger partial charge on any atom is 0.194 e. The summed E-state index contributed by atoms with van der Waals surface area (Å²) < 4.78 is 33.3. The topological polar surface area (TPSA) is 60.3 Å². The largest absolute Gasteiger partial charge is 0.492 e. The van der Waals surface area contributed by atoms with Crippen LogP contribution >= 0.6 is 24.0 Å². The van der Waals surface area contributed by atoms with Crippen LogP contribution in [0.4, 0.5) is 14.5 Å². The third-order valence-corrected chi connectivity index (χ3v) is 5.43. The van der Waals surface area contributed by atoms with Gasteiger partial charge < -0.3 is 25.0 Å². The first-order valence-corrected chi connectivity index (χ1v) is 11.1. The van der Waals surface area contributed by atoms with E-state index in [9.17, 15) is 13.9 Å². The average molecular weight is 574 g/mol. The number of benzene rings is 2. The lowest BCUT2D eigenvalue weighted by molar-refractivity contribution is 0.145. The Morgan fingerprint density at radius 3 is 2.52 bits per heavy atom. The van der Waals surface area contributed by atoms with E-state index in [1.807, 2.05) is 29.8 Å². The SMILES string of the molecule is CCNC(=NCc1ccc(N2CCC(O)CC2)c(F)c1)N(C)CCOc1ccc(F)cc1.I. The van der Waals surface area contributed by atoms with Crippen LogP contribution in [-0.2, 0) is 6.54 Å². The van der Waals surface area contributed by atoms with E-state index in [4.69, 9.17) is 4.74 Å². The number of likely N-dealkylation sites (N-methyl/N-ethyl adjacent to an activating group) is 1. The maximum atomic E-state index is 14.7. The van der Waals surface area contributed by atoms with Crippen molar-refractivity contribution in [2.75, 3.05) is 44.7 Å². The summed E-state index contributed by atoms with van der Waals surface area (Å²) in [6.45, 7) is 5.35. The fraction of sp³-hybridized carbons (Fsp3) is 0.458. The number of aliphatic hydroxyl groups excluding tert-OH is 1. The number of guanidine groups is 1. The molecule has 1 aliphatic rings. The first-order chi connectivity index (χ1) is 15.5. The highest BCUT2D eigenvalue weighted by atomic mass is 127. The zero-order valence-electron chi connectivity index (χ0n) is 19.1. The van der Waals surface area contributed by atoms with Gasteiger partial charge in [-0.25, -0.2) is 13.8 Å². The number of ether oxygens (including phenoxy) is 1. The predicted molar refractivity (Wildman–Crippen MR) is 139 cm³/mol. The molecule has 1 aliphatic heterocycles. The number of nitrogens with zero attached hydrogens (tertiary/aromatic N) is 3. The molecule has 0 aliphatic carbocycles. The van der Waals surface area contributed by atoms with Gasteiger partial charge in [-0.2, -0.15) is 0 Å². The van der Waals surface area contributed by atoms with E-state index in [1.54, 1.807) is 18.2 Å². The number of aliphatic imine (C=N–C) groups is 1. The van der Waals surface area contributed by atoms with Crippen molar-refractivity contribution in [3.05, 3.63) is 59.7 Å². The summed E-state index contributed by atoms with van der Waals surface area (Å²) in [7, 11) is 1.91. The Labute approximate surface area is 211 Å². The highest BCUT2D eigenvalue weighted by Gasteiger charge is 2.19. The lowest BCUT2D eigenvalue weighted by Gasteiger charge is -2.31. The van der Waals surface area contributed by atoms with Crippen LogP contribution < -0.4 is 15.0 Å². The van der Waals surface area contributed by atoms with Gasteiger partial charge in [-0.15, -0.1) is 24.0 Å². The fourth-order valence-corrected chi connectivity index (χ4v) is 3.58. The number of anilines is 1. The van der Waals surface area contributed by atoms with Crippen molar-refractivity contribution >= 4 is 35.6 Å². The second kappa shape index (κ2) is 13.5. The molecule has 3 rings (SSSR count). The molecule has 2 aromatic carbocycles. The number of hydrogen-bond acceptors (Lipinski definition) is 4. The molecule has 9 heteroatoms. The van der Waals surface area contributed by atoms with E-state index in [0.717, 1.165) is 5.56 Å². The molecule has 1 fully saturated rings. The molecule has 0 saturated carbocycles. The number of rotatable bonds is 8. The molecule has 0 radical (unpaired) electrons. The molecule has 33 heavy (non-hydrogen) atoms. The van der Waals surface area contributed by atoms with Gasteiger partial charge >= 0.3 is 0 Å². The minimum Gasteiger partial charge on any atom is -0.492 e. The highest BCUT2D eigenvalue weighted by molar-refractivity contribution is 14.0. The molecule has 6 nitrogen and oxygen atoms in total. The number of halogens is 3. The molecular weight excluding hydrogens is 541 g/mol. The Hall–Kier alpha value is -2.14. The van der Waals surface area contributed by atoms with E-state index in [0.29, 0.717) is 69.6 Å².